The zero-order valence-corrected chi connectivity index (χ0v) is 17.5. The van der Waals surface area contributed by atoms with Gasteiger partial charge >= 0.3 is 0 Å². The summed E-state index contributed by atoms with van der Waals surface area (Å²) in [5, 5.41) is 1.33. The molecule has 26 heavy (non-hydrogen) atoms. The molecule has 0 atom stereocenters. The third-order valence-corrected chi connectivity index (χ3v) is 5.96. The number of unbranched alkanes of at least 4 members (excludes halogenated alkanes) is 3. The van der Waals surface area contributed by atoms with Gasteiger partial charge in [-0.2, -0.15) is 0 Å². The number of nitrogens with zero attached hydrogens (tertiary/aromatic N) is 3. The Hall–Kier alpha value is -1.94. The van der Waals surface area contributed by atoms with E-state index in [1.54, 1.807) is 0 Å². The second kappa shape index (κ2) is 8.17. The van der Waals surface area contributed by atoms with Crippen LogP contribution in [0.2, 0.25) is 0 Å². The third kappa shape index (κ3) is 4.07. The van der Waals surface area contributed by atoms with E-state index < -0.39 is 0 Å². The Morgan fingerprint density at radius 3 is 2.54 bits per heavy atom. The van der Waals surface area contributed by atoms with Crippen molar-refractivity contribution in [3.8, 4) is 10.6 Å². The molecule has 1 aliphatic carbocycles. The van der Waals surface area contributed by atoms with Crippen molar-refractivity contribution in [2.75, 3.05) is 33.1 Å². The van der Waals surface area contributed by atoms with Crippen LogP contribution in [0.1, 0.15) is 38.2 Å². The highest BCUT2D eigenvalue weighted by atomic mass is 32.1. The van der Waals surface area contributed by atoms with Crippen LogP contribution in [0.3, 0.4) is 0 Å². The summed E-state index contributed by atoms with van der Waals surface area (Å²) in [6.07, 6.45) is 6.30. The van der Waals surface area contributed by atoms with Crippen LogP contribution in [-0.4, -0.2) is 33.2 Å². The van der Waals surface area contributed by atoms with Gasteiger partial charge in [0.25, 0.3) is 0 Å². The summed E-state index contributed by atoms with van der Waals surface area (Å²) in [7, 11) is 8.44. The lowest BCUT2D eigenvalue weighted by molar-refractivity contribution is 0.660. The molecule has 1 aromatic carbocycles. The Kier molecular flexibility index (Phi) is 5.92. The first-order chi connectivity index (χ1) is 12.5. The highest BCUT2D eigenvalue weighted by molar-refractivity contribution is 7.21. The summed E-state index contributed by atoms with van der Waals surface area (Å²) in [4.78, 5) is 8.36. The Labute approximate surface area is 161 Å². The van der Waals surface area contributed by atoms with Gasteiger partial charge < -0.3 is 4.90 Å². The maximum absolute atomic E-state index is 4.96. The number of fused-ring (bicyclic) bond motifs is 2. The van der Waals surface area contributed by atoms with Crippen molar-refractivity contribution >= 4 is 27.2 Å². The Bertz CT molecular complexity index is 936. The van der Waals surface area contributed by atoms with E-state index in [9.17, 15) is 0 Å². The summed E-state index contributed by atoms with van der Waals surface area (Å²) in [5.74, 6) is 0. The minimum absolute atomic E-state index is 1.09. The fourth-order valence-electron chi connectivity index (χ4n) is 3.33. The van der Waals surface area contributed by atoms with Crippen molar-refractivity contribution in [1.29, 1.82) is 0 Å². The largest absolute Gasteiger partial charge is 0.378 e. The summed E-state index contributed by atoms with van der Waals surface area (Å²) in [6, 6.07) is 11.2. The number of hydrogen-bond donors (Lipinski definition) is 0. The number of benzene rings is 2. The van der Waals surface area contributed by atoms with Crippen LogP contribution < -0.4 is 14.8 Å². The first-order valence-electron chi connectivity index (χ1n) is 9.54. The SMILES string of the molecule is CCCCCCc1cc2nc3ccc(N(C)C)cc3sc-2cc1=[N+](C)C. The third-order valence-electron chi connectivity index (χ3n) is 4.86. The Balaban J connectivity index is 2.09. The molecule has 0 saturated heterocycles. The van der Waals surface area contributed by atoms with E-state index in [-0.39, 0.29) is 0 Å². The maximum Gasteiger partial charge on any atom is 0.204 e. The van der Waals surface area contributed by atoms with Crippen LogP contribution in [0.15, 0.2) is 30.3 Å². The fourth-order valence-corrected chi connectivity index (χ4v) is 4.35. The average Bonchev–Trinajstić information content (AvgIpc) is 2.62. The molecular weight excluding hydrogens is 338 g/mol. The van der Waals surface area contributed by atoms with Crippen molar-refractivity contribution in [1.82, 2.24) is 9.56 Å². The molecule has 3 nitrogen and oxygen atoms in total. The molecular formula is C22H30N3S+. The van der Waals surface area contributed by atoms with E-state index in [2.05, 4.69) is 74.9 Å². The van der Waals surface area contributed by atoms with Crippen molar-refractivity contribution in [3.05, 3.63) is 41.3 Å². The highest BCUT2D eigenvalue weighted by Crippen LogP contribution is 2.32. The molecule has 4 heteroatoms. The van der Waals surface area contributed by atoms with Crippen LogP contribution in [0.4, 0.5) is 5.69 Å². The monoisotopic (exact) mass is 368 g/mol. The van der Waals surface area contributed by atoms with E-state index in [1.165, 1.54) is 51.9 Å². The smallest absolute Gasteiger partial charge is 0.204 e. The van der Waals surface area contributed by atoms with Gasteiger partial charge in [-0.05, 0) is 37.1 Å². The predicted molar refractivity (Wildman–Crippen MR) is 116 cm³/mol. The fraction of sp³-hybridized carbons (Fsp3) is 0.455. The van der Waals surface area contributed by atoms with E-state index >= 15 is 0 Å². The summed E-state index contributed by atoms with van der Waals surface area (Å²) in [6.45, 7) is 2.26. The minimum atomic E-state index is 1.09. The number of hydrogen-bond acceptors (Lipinski definition) is 3. The predicted octanol–water partition coefficient (Wildman–Crippen LogP) is 4.62. The van der Waals surface area contributed by atoms with Crippen LogP contribution in [0, 0.1) is 0 Å². The summed E-state index contributed by atoms with van der Waals surface area (Å²) < 4.78 is 3.48. The molecule has 0 fully saturated rings. The van der Waals surface area contributed by atoms with Gasteiger partial charge in [0.1, 0.15) is 14.1 Å². The van der Waals surface area contributed by atoms with Gasteiger partial charge in [-0.15, -0.1) is 11.3 Å². The van der Waals surface area contributed by atoms with Crippen molar-refractivity contribution in [3.63, 3.8) is 0 Å². The lowest BCUT2D eigenvalue weighted by Crippen LogP contribution is -2.26. The van der Waals surface area contributed by atoms with Gasteiger partial charge in [0.15, 0.2) is 0 Å². The highest BCUT2D eigenvalue weighted by Gasteiger charge is 2.14. The van der Waals surface area contributed by atoms with Gasteiger partial charge in [-0.1, -0.05) is 26.2 Å². The van der Waals surface area contributed by atoms with Crippen molar-refractivity contribution in [2.24, 2.45) is 0 Å². The van der Waals surface area contributed by atoms with Gasteiger partial charge in [0, 0.05) is 31.4 Å². The van der Waals surface area contributed by atoms with E-state index in [1.807, 2.05) is 11.3 Å². The molecule has 1 aromatic rings. The van der Waals surface area contributed by atoms with Gasteiger partial charge in [-0.3, -0.25) is 0 Å². The second-order valence-electron chi connectivity index (χ2n) is 7.41. The maximum atomic E-state index is 4.96. The van der Waals surface area contributed by atoms with E-state index in [0.717, 1.165) is 17.6 Å². The first-order valence-corrected chi connectivity index (χ1v) is 10.4. The number of rotatable bonds is 6. The van der Waals surface area contributed by atoms with Crippen LogP contribution in [0.5, 0.6) is 0 Å². The van der Waals surface area contributed by atoms with Gasteiger partial charge in [0.05, 0.1) is 20.8 Å². The topological polar surface area (TPSA) is 19.1 Å². The van der Waals surface area contributed by atoms with E-state index in [0.29, 0.717) is 0 Å². The van der Waals surface area contributed by atoms with Gasteiger partial charge in [-0.25, -0.2) is 9.56 Å². The van der Waals surface area contributed by atoms with Crippen LogP contribution in [0.25, 0.3) is 20.8 Å². The standard InChI is InChI=1S/C22H30N3S/c1-6-7-8-9-10-16-13-19-22(15-20(16)25(4)5)26-21-14-17(24(2)3)11-12-18(21)23-19/h11-15H,6-10H2,1-5H3/q+1. The average molecular weight is 369 g/mol. The van der Waals surface area contributed by atoms with Gasteiger partial charge in [0.2, 0.25) is 5.36 Å². The second-order valence-corrected chi connectivity index (χ2v) is 8.50. The molecule has 1 aliphatic heterocycles. The zero-order valence-electron chi connectivity index (χ0n) is 16.7. The molecule has 0 spiro atoms. The Morgan fingerprint density at radius 2 is 1.85 bits per heavy atom. The molecule has 2 aliphatic rings. The molecule has 0 bridgehead atoms. The number of anilines is 1. The molecule has 0 aromatic heterocycles. The lowest BCUT2D eigenvalue weighted by Gasteiger charge is -2.14. The molecule has 0 amide bonds. The number of aryl methyl sites for hydroxylation is 1. The Morgan fingerprint density at radius 1 is 1.04 bits per heavy atom. The summed E-state index contributed by atoms with van der Waals surface area (Å²) >= 11 is 1.84. The molecule has 0 saturated carbocycles. The lowest BCUT2D eigenvalue weighted by atomic mass is 10.0. The van der Waals surface area contributed by atoms with Crippen LogP contribution in [-0.2, 0) is 6.42 Å². The molecule has 138 valence electrons. The van der Waals surface area contributed by atoms with E-state index in [4.69, 9.17) is 4.98 Å². The normalized spacial score (nSPS) is 11.3. The quantitative estimate of drug-likeness (QED) is 0.359. The van der Waals surface area contributed by atoms with Crippen molar-refractivity contribution in [2.45, 2.75) is 39.0 Å². The van der Waals surface area contributed by atoms with Crippen molar-refractivity contribution < 1.29 is 0 Å². The summed E-state index contributed by atoms with van der Waals surface area (Å²) in [5.41, 5.74) is 4.84. The first kappa shape index (κ1) is 18.8. The molecule has 0 N–H and O–H groups in total. The minimum Gasteiger partial charge on any atom is -0.378 e. The molecule has 0 radical (unpaired) electrons. The molecule has 1 heterocycles. The molecule has 3 rings (SSSR count). The zero-order chi connectivity index (χ0) is 18.7. The number of aromatic nitrogens is 1. The van der Waals surface area contributed by atoms with Crippen LogP contribution >= 0.6 is 11.3 Å². The molecule has 0 unspecified atom stereocenters.